The lowest BCUT2D eigenvalue weighted by atomic mass is 9.93. The fourth-order valence-corrected chi connectivity index (χ4v) is 7.02. The highest BCUT2D eigenvalue weighted by atomic mass is 16.3. The molecular formula is C42H24N4O. The van der Waals surface area contributed by atoms with E-state index in [1.54, 1.807) is 6.20 Å². The molecule has 5 heteroatoms. The van der Waals surface area contributed by atoms with Crippen LogP contribution in [0.15, 0.2) is 150 Å². The molecule has 218 valence electrons. The molecule has 0 saturated carbocycles. The predicted octanol–water partition coefficient (Wildman–Crippen LogP) is 10.8. The van der Waals surface area contributed by atoms with Crippen LogP contribution in [0.25, 0.3) is 99.2 Å². The van der Waals surface area contributed by atoms with Crippen LogP contribution < -0.4 is 0 Å². The van der Waals surface area contributed by atoms with Crippen LogP contribution in [0.3, 0.4) is 0 Å². The number of rotatable bonds is 3. The van der Waals surface area contributed by atoms with Gasteiger partial charge in [-0.2, -0.15) is 0 Å². The Kier molecular flexibility index (Phi) is 5.51. The summed E-state index contributed by atoms with van der Waals surface area (Å²) in [7, 11) is 0. The van der Waals surface area contributed by atoms with Crippen LogP contribution in [0.4, 0.5) is 0 Å². The highest BCUT2D eigenvalue weighted by Crippen LogP contribution is 2.41. The molecule has 0 aliphatic carbocycles. The van der Waals surface area contributed by atoms with Gasteiger partial charge in [-0.25, -0.2) is 15.0 Å². The molecule has 0 amide bonds. The van der Waals surface area contributed by atoms with E-state index in [1.807, 2.05) is 48.7 Å². The molecule has 10 aromatic rings. The lowest BCUT2D eigenvalue weighted by Crippen LogP contribution is -2.01. The molecule has 7 aromatic carbocycles. The molecule has 0 atom stereocenters. The third-order valence-corrected chi connectivity index (χ3v) is 9.17. The zero-order valence-corrected chi connectivity index (χ0v) is 25.1. The summed E-state index contributed by atoms with van der Waals surface area (Å²) in [4.78, 5) is 20.0. The maximum Gasteiger partial charge on any atom is 0.166 e. The van der Waals surface area contributed by atoms with E-state index in [1.165, 1.54) is 16.2 Å². The Bertz CT molecular complexity index is 2860. The van der Waals surface area contributed by atoms with E-state index in [9.17, 15) is 0 Å². The number of aromatic nitrogens is 4. The first-order chi connectivity index (χ1) is 23.3. The van der Waals surface area contributed by atoms with Gasteiger partial charge >= 0.3 is 0 Å². The van der Waals surface area contributed by atoms with E-state index in [2.05, 4.69) is 96.0 Å². The minimum Gasteiger partial charge on any atom is -0.454 e. The van der Waals surface area contributed by atoms with E-state index >= 15 is 0 Å². The smallest absolute Gasteiger partial charge is 0.166 e. The van der Waals surface area contributed by atoms with Gasteiger partial charge in [0, 0.05) is 39.0 Å². The molecule has 0 fully saturated rings. The quantitative estimate of drug-likeness (QED) is 0.189. The summed E-state index contributed by atoms with van der Waals surface area (Å²) in [6.45, 7) is 0. The summed E-state index contributed by atoms with van der Waals surface area (Å²) < 4.78 is 6.46. The second-order valence-electron chi connectivity index (χ2n) is 11.9. The highest BCUT2D eigenvalue weighted by Gasteiger charge is 2.21. The van der Waals surface area contributed by atoms with E-state index in [-0.39, 0.29) is 0 Å². The Morgan fingerprint density at radius 3 is 1.85 bits per heavy atom. The van der Waals surface area contributed by atoms with E-state index < -0.39 is 0 Å². The molecule has 0 bridgehead atoms. The average molecular weight is 601 g/mol. The van der Waals surface area contributed by atoms with Crippen molar-refractivity contribution in [1.29, 1.82) is 0 Å². The van der Waals surface area contributed by atoms with Gasteiger partial charge in [0.25, 0.3) is 0 Å². The number of pyridine rings is 1. The zero-order chi connectivity index (χ0) is 30.9. The van der Waals surface area contributed by atoms with Gasteiger partial charge in [0.1, 0.15) is 5.58 Å². The fourth-order valence-electron chi connectivity index (χ4n) is 7.02. The van der Waals surface area contributed by atoms with Crippen LogP contribution in [0.5, 0.6) is 0 Å². The van der Waals surface area contributed by atoms with Crippen molar-refractivity contribution < 1.29 is 4.42 Å². The number of furan rings is 1. The van der Waals surface area contributed by atoms with Gasteiger partial charge in [0.2, 0.25) is 0 Å². The van der Waals surface area contributed by atoms with Crippen molar-refractivity contribution in [3.8, 4) is 34.2 Å². The number of fused-ring (bicyclic) bond motifs is 10. The number of hydrogen-bond acceptors (Lipinski definition) is 5. The monoisotopic (exact) mass is 600 g/mol. The first kappa shape index (κ1) is 25.8. The maximum absolute atomic E-state index is 6.46. The van der Waals surface area contributed by atoms with Crippen molar-refractivity contribution in [2.45, 2.75) is 0 Å². The molecular weight excluding hydrogens is 576 g/mol. The number of benzene rings is 7. The molecule has 0 spiro atoms. The van der Waals surface area contributed by atoms with Crippen LogP contribution in [-0.2, 0) is 0 Å². The standard InChI is InChI=1S/C42H24N4O/c1-2-12-27(13-3-1)40-44-41(34-22-28-19-18-25-10-4-6-14-29(25)37(28)32-17-9-8-16-31(32)34)46-42(45-40)35-23-43-24-36-38(35)33-21-20-26-11-5-7-15-30(26)39(33)47-36/h1-24H. The van der Waals surface area contributed by atoms with Crippen molar-refractivity contribution in [3.05, 3.63) is 146 Å². The topological polar surface area (TPSA) is 64.7 Å². The van der Waals surface area contributed by atoms with Gasteiger partial charge < -0.3 is 4.42 Å². The van der Waals surface area contributed by atoms with E-state index in [0.717, 1.165) is 60.0 Å². The van der Waals surface area contributed by atoms with Crippen LogP contribution in [0.2, 0.25) is 0 Å². The molecule has 0 N–H and O–H groups in total. The first-order valence-corrected chi connectivity index (χ1v) is 15.6. The maximum atomic E-state index is 6.46. The minimum atomic E-state index is 0.547. The summed E-state index contributed by atoms with van der Waals surface area (Å²) in [6, 6.07) is 46.3. The van der Waals surface area contributed by atoms with Crippen molar-refractivity contribution in [3.63, 3.8) is 0 Å². The molecule has 0 aliphatic rings. The van der Waals surface area contributed by atoms with Crippen molar-refractivity contribution in [2.75, 3.05) is 0 Å². The summed E-state index contributed by atoms with van der Waals surface area (Å²) >= 11 is 0. The predicted molar refractivity (Wildman–Crippen MR) is 191 cm³/mol. The second-order valence-corrected chi connectivity index (χ2v) is 11.9. The summed E-state index contributed by atoms with van der Waals surface area (Å²) in [5.74, 6) is 1.75. The van der Waals surface area contributed by atoms with Crippen LogP contribution in [-0.4, -0.2) is 19.9 Å². The fraction of sp³-hybridized carbons (Fsp3) is 0. The summed E-state index contributed by atoms with van der Waals surface area (Å²) in [6.07, 6.45) is 3.61. The number of nitrogens with zero attached hydrogens (tertiary/aromatic N) is 4. The SMILES string of the molecule is c1ccc(-c2nc(-c3cc4ccc5ccccc5c4c4ccccc34)nc(-c3cncc4oc5c6ccccc6ccc5c34)n2)cc1. The van der Waals surface area contributed by atoms with Gasteiger partial charge in [0.05, 0.1) is 6.20 Å². The first-order valence-electron chi connectivity index (χ1n) is 15.6. The molecule has 0 aliphatic heterocycles. The van der Waals surface area contributed by atoms with Crippen molar-refractivity contribution in [1.82, 2.24) is 19.9 Å². The second kappa shape index (κ2) is 10.0. The molecule has 3 heterocycles. The normalized spacial score (nSPS) is 11.8. The zero-order valence-electron chi connectivity index (χ0n) is 25.1. The summed E-state index contributed by atoms with van der Waals surface area (Å²) in [5.41, 5.74) is 4.19. The summed E-state index contributed by atoms with van der Waals surface area (Å²) in [5, 5.41) is 11.2. The average Bonchev–Trinajstić information content (AvgIpc) is 3.54. The lowest BCUT2D eigenvalue weighted by molar-refractivity contribution is 0.670. The Balaban J connectivity index is 1.29. The van der Waals surface area contributed by atoms with Crippen LogP contribution in [0.1, 0.15) is 0 Å². The Labute approximate surface area is 268 Å². The molecule has 47 heavy (non-hydrogen) atoms. The molecule has 3 aromatic heterocycles. The highest BCUT2D eigenvalue weighted by molar-refractivity contribution is 6.23. The van der Waals surface area contributed by atoms with E-state index in [0.29, 0.717) is 23.1 Å². The van der Waals surface area contributed by atoms with Gasteiger partial charge in [0.15, 0.2) is 23.1 Å². The van der Waals surface area contributed by atoms with E-state index in [4.69, 9.17) is 19.4 Å². The van der Waals surface area contributed by atoms with Crippen LogP contribution in [0, 0.1) is 0 Å². The van der Waals surface area contributed by atoms with Crippen molar-refractivity contribution in [2.24, 2.45) is 0 Å². The van der Waals surface area contributed by atoms with Crippen LogP contribution >= 0.6 is 0 Å². The Hall–Kier alpha value is -6.46. The Morgan fingerprint density at radius 1 is 0.404 bits per heavy atom. The molecule has 10 rings (SSSR count). The third-order valence-electron chi connectivity index (χ3n) is 9.17. The lowest BCUT2D eigenvalue weighted by Gasteiger charge is -2.14. The van der Waals surface area contributed by atoms with Gasteiger partial charge in [-0.05, 0) is 49.8 Å². The largest absolute Gasteiger partial charge is 0.454 e. The van der Waals surface area contributed by atoms with Gasteiger partial charge in [-0.3, -0.25) is 4.98 Å². The van der Waals surface area contributed by atoms with Crippen molar-refractivity contribution >= 4 is 65.0 Å². The van der Waals surface area contributed by atoms with Gasteiger partial charge in [-0.1, -0.05) is 121 Å². The molecule has 0 saturated heterocycles. The molecule has 0 radical (unpaired) electrons. The molecule has 0 unspecified atom stereocenters. The van der Waals surface area contributed by atoms with Gasteiger partial charge in [-0.15, -0.1) is 0 Å². The Morgan fingerprint density at radius 2 is 1.02 bits per heavy atom. The minimum absolute atomic E-state index is 0.547. The third kappa shape index (κ3) is 3.97. The number of hydrogen-bond donors (Lipinski definition) is 0. The molecule has 5 nitrogen and oxygen atoms in total.